The first-order valence-corrected chi connectivity index (χ1v) is 5.68. The van der Waals surface area contributed by atoms with Crippen LogP contribution in [0.5, 0.6) is 0 Å². The quantitative estimate of drug-likeness (QED) is 0.618. The van der Waals surface area contributed by atoms with Gasteiger partial charge in [-0.1, -0.05) is 15.9 Å². The van der Waals surface area contributed by atoms with E-state index in [9.17, 15) is 10.1 Å². The average Bonchev–Trinajstić information content (AvgIpc) is 2.28. The summed E-state index contributed by atoms with van der Waals surface area (Å²) in [5.74, 6) is 0. The van der Waals surface area contributed by atoms with Gasteiger partial charge in [0.05, 0.1) is 24.2 Å². The van der Waals surface area contributed by atoms with Gasteiger partial charge in [0, 0.05) is 17.6 Å². The summed E-state index contributed by atoms with van der Waals surface area (Å²) in [6, 6.07) is 4.20. The molecule has 0 heterocycles. The van der Waals surface area contributed by atoms with Crippen LogP contribution >= 0.6 is 15.9 Å². The van der Waals surface area contributed by atoms with Crippen LogP contribution in [0, 0.1) is 10.1 Å². The predicted octanol–water partition coefficient (Wildman–Crippen LogP) is 1.78. The lowest BCUT2D eigenvalue weighted by Gasteiger charge is -2.16. The Morgan fingerprint density at radius 3 is 2.88 bits per heavy atom. The number of anilines is 1. The SMILES string of the molecule is COCC(CO)Nc1cc(Br)ccc1[N+](=O)[O-]. The molecule has 0 aromatic heterocycles. The maximum Gasteiger partial charge on any atom is 0.292 e. The number of hydrogen-bond acceptors (Lipinski definition) is 5. The third-order valence-electron chi connectivity index (χ3n) is 2.10. The molecule has 1 unspecified atom stereocenters. The number of halogens is 1. The van der Waals surface area contributed by atoms with E-state index >= 15 is 0 Å². The van der Waals surface area contributed by atoms with E-state index in [0.29, 0.717) is 5.69 Å². The lowest BCUT2D eigenvalue weighted by Crippen LogP contribution is -2.29. The molecule has 2 N–H and O–H groups in total. The molecule has 0 fully saturated rings. The van der Waals surface area contributed by atoms with Gasteiger partial charge in [-0.05, 0) is 12.1 Å². The minimum atomic E-state index is -0.476. The van der Waals surface area contributed by atoms with Gasteiger partial charge in [-0.2, -0.15) is 0 Å². The molecule has 7 heteroatoms. The van der Waals surface area contributed by atoms with Crippen LogP contribution in [-0.2, 0) is 4.74 Å². The number of nitrogens with zero attached hydrogens (tertiary/aromatic N) is 1. The van der Waals surface area contributed by atoms with E-state index < -0.39 is 4.92 Å². The van der Waals surface area contributed by atoms with Crippen LogP contribution in [0.1, 0.15) is 0 Å². The number of aliphatic hydroxyl groups is 1. The fourth-order valence-electron chi connectivity index (χ4n) is 1.34. The summed E-state index contributed by atoms with van der Waals surface area (Å²) in [6.45, 7) is 0.0949. The number of nitrogens with one attached hydrogen (secondary N) is 1. The Bertz CT molecular complexity index is 400. The van der Waals surface area contributed by atoms with E-state index in [0.717, 1.165) is 4.47 Å². The molecule has 0 aliphatic carbocycles. The fourth-order valence-corrected chi connectivity index (χ4v) is 1.71. The molecule has 0 radical (unpaired) electrons. The van der Waals surface area contributed by atoms with Gasteiger partial charge in [0.15, 0.2) is 0 Å². The molecule has 17 heavy (non-hydrogen) atoms. The number of benzene rings is 1. The van der Waals surface area contributed by atoms with E-state index in [-0.39, 0.29) is 24.9 Å². The van der Waals surface area contributed by atoms with E-state index in [1.165, 1.54) is 13.2 Å². The van der Waals surface area contributed by atoms with Crippen LogP contribution in [0.2, 0.25) is 0 Å². The Balaban J connectivity index is 2.94. The normalized spacial score (nSPS) is 12.2. The third-order valence-corrected chi connectivity index (χ3v) is 2.60. The number of aliphatic hydroxyl groups excluding tert-OH is 1. The molecular formula is C10H13BrN2O4. The van der Waals surface area contributed by atoms with Crippen LogP contribution in [0.15, 0.2) is 22.7 Å². The lowest BCUT2D eigenvalue weighted by atomic mass is 10.2. The van der Waals surface area contributed by atoms with Crippen LogP contribution in [-0.4, -0.2) is 36.4 Å². The van der Waals surface area contributed by atoms with Crippen molar-refractivity contribution in [3.63, 3.8) is 0 Å². The molecule has 1 aromatic rings. The highest BCUT2D eigenvalue weighted by molar-refractivity contribution is 9.10. The first kappa shape index (κ1) is 13.9. The summed E-state index contributed by atoms with van der Waals surface area (Å²) in [7, 11) is 1.50. The summed E-state index contributed by atoms with van der Waals surface area (Å²) in [5.41, 5.74) is 0.309. The molecule has 0 saturated heterocycles. The summed E-state index contributed by atoms with van der Waals surface area (Å²) >= 11 is 3.24. The Morgan fingerprint density at radius 1 is 1.65 bits per heavy atom. The number of hydrogen-bond donors (Lipinski definition) is 2. The van der Waals surface area contributed by atoms with E-state index in [4.69, 9.17) is 9.84 Å². The second kappa shape index (κ2) is 6.53. The van der Waals surface area contributed by atoms with Gasteiger partial charge in [-0.3, -0.25) is 10.1 Å². The zero-order chi connectivity index (χ0) is 12.8. The molecule has 1 atom stereocenters. The first-order chi connectivity index (χ1) is 8.08. The van der Waals surface area contributed by atoms with Crippen LogP contribution < -0.4 is 5.32 Å². The van der Waals surface area contributed by atoms with Gasteiger partial charge in [0.2, 0.25) is 0 Å². The van der Waals surface area contributed by atoms with Gasteiger partial charge in [0.25, 0.3) is 5.69 Å². The van der Waals surface area contributed by atoms with Crippen molar-refractivity contribution in [3.8, 4) is 0 Å². The average molecular weight is 305 g/mol. The van der Waals surface area contributed by atoms with Crippen molar-refractivity contribution in [2.45, 2.75) is 6.04 Å². The summed E-state index contributed by atoms with van der Waals surface area (Å²) in [5, 5.41) is 22.8. The molecule has 0 aliphatic heterocycles. The summed E-state index contributed by atoms with van der Waals surface area (Å²) < 4.78 is 5.62. The molecule has 0 amide bonds. The van der Waals surface area contributed by atoms with Crippen molar-refractivity contribution in [2.24, 2.45) is 0 Å². The van der Waals surface area contributed by atoms with Crippen molar-refractivity contribution < 1.29 is 14.8 Å². The fraction of sp³-hybridized carbons (Fsp3) is 0.400. The number of nitro benzene ring substituents is 1. The Hall–Kier alpha value is -1.18. The minimum absolute atomic E-state index is 0.0391. The number of nitro groups is 1. The van der Waals surface area contributed by atoms with E-state index in [2.05, 4.69) is 21.2 Å². The molecule has 0 aliphatic rings. The molecule has 1 rings (SSSR count). The molecular weight excluding hydrogens is 292 g/mol. The van der Waals surface area contributed by atoms with E-state index in [1.54, 1.807) is 12.1 Å². The molecule has 0 bridgehead atoms. The van der Waals surface area contributed by atoms with Gasteiger partial charge in [0.1, 0.15) is 5.69 Å². The highest BCUT2D eigenvalue weighted by Gasteiger charge is 2.17. The maximum absolute atomic E-state index is 10.8. The predicted molar refractivity (Wildman–Crippen MR) is 67.2 cm³/mol. The lowest BCUT2D eigenvalue weighted by molar-refractivity contribution is -0.384. The zero-order valence-corrected chi connectivity index (χ0v) is 10.8. The first-order valence-electron chi connectivity index (χ1n) is 4.88. The van der Waals surface area contributed by atoms with E-state index in [1.807, 2.05) is 0 Å². The van der Waals surface area contributed by atoms with Crippen LogP contribution in [0.25, 0.3) is 0 Å². The van der Waals surface area contributed by atoms with Crippen molar-refractivity contribution in [2.75, 3.05) is 25.6 Å². The highest BCUT2D eigenvalue weighted by Crippen LogP contribution is 2.28. The largest absolute Gasteiger partial charge is 0.394 e. The Labute approximate surface area is 107 Å². The topological polar surface area (TPSA) is 84.6 Å². The Kier molecular flexibility index (Phi) is 5.33. The van der Waals surface area contributed by atoms with Gasteiger partial charge >= 0.3 is 0 Å². The standard InChI is InChI=1S/C10H13BrN2O4/c1-17-6-8(5-14)12-9-4-7(11)2-3-10(9)13(15)16/h2-4,8,12,14H,5-6H2,1H3. The van der Waals surface area contributed by atoms with Gasteiger partial charge in [-0.15, -0.1) is 0 Å². The number of rotatable bonds is 6. The second-order valence-corrected chi connectivity index (χ2v) is 4.31. The summed E-state index contributed by atoms with van der Waals surface area (Å²) in [4.78, 5) is 10.3. The summed E-state index contributed by atoms with van der Waals surface area (Å²) in [6.07, 6.45) is 0. The third kappa shape index (κ3) is 3.95. The molecule has 1 aromatic carbocycles. The van der Waals surface area contributed by atoms with Crippen molar-refractivity contribution >= 4 is 27.3 Å². The zero-order valence-electron chi connectivity index (χ0n) is 9.22. The smallest absolute Gasteiger partial charge is 0.292 e. The second-order valence-electron chi connectivity index (χ2n) is 3.40. The van der Waals surface area contributed by atoms with Crippen molar-refractivity contribution in [1.29, 1.82) is 0 Å². The molecule has 94 valence electrons. The molecule has 6 nitrogen and oxygen atoms in total. The van der Waals surface area contributed by atoms with Crippen LogP contribution in [0.3, 0.4) is 0 Å². The van der Waals surface area contributed by atoms with Crippen LogP contribution in [0.4, 0.5) is 11.4 Å². The van der Waals surface area contributed by atoms with Crippen molar-refractivity contribution in [1.82, 2.24) is 0 Å². The number of methoxy groups -OCH3 is 1. The Morgan fingerprint density at radius 2 is 2.35 bits per heavy atom. The number of ether oxygens (including phenoxy) is 1. The van der Waals surface area contributed by atoms with Crippen molar-refractivity contribution in [3.05, 3.63) is 32.8 Å². The highest BCUT2D eigenvalue weighted by atomic mass is 79.9. The maximum atomic E-state index is 10.8. The minimum Gasteiger partial charge on any atom is -0.394 e. The van der Waals surface area contributed by atoms with Gasteiger partial charge in [-0.25, -0.2) is 0 Å². The van der Waals surface area contributed by atoms with Gasteiger partial charge < -0.3 is 15.2 Å². The molecule has 0 spiro atoms. The molecule has 0 saturated carbocycles. The monoisotopic (exact) mass is 304 g/mol.